The summed E-state index contributed by atoms with van der Waals surface area (Å²) in [5, 5.41) is 19.9. The van der Waals surface area contributed by atoms with E-state index in [-0.39, 0.29) is 252 Å². The molecule has 22 N–H and O–H groups in total. The number of amides is 4. The van der Waals surface area contributed by atoms with Crippen LogP contribution in [0.1, 0.15) is 29.1 Å². The van der Waals surface area contributed by atoms with Gasteiger partial charge in [-0.05, 0) is 55.9 Å². The summed E-state index contributed by atoms with van der Waals surface area (Å²) >= 11 is 0. The molecule has 0 aliphatic heterocycles. The van der Waals surface area contributed by atoms with Crippen molar-refractivity contribution in [3.63, 3.8) is 0 Å². The summed E-state index contributed by atoms with van der Waals surface area (Å²) in [6.45, 7) is 10.7. The molecular formula is C32H68N16O8WY5-4. The minimum absolute atomic E-state index is 0. The number of guanidine groups is 2. The molecule has 4 unspecified atom stereocenters. The van der Waals surface area contributed by atoms with Crippen LogP contribution in [-0.4, -0.2) is 137 Å². The Bertz CT molecular complexity index is 1260. The average molecular weight is 1440 g/mol. The summed E-state index contributed by atoms with van der Waals surface area (Å²) in [6.07, 6.45) is 0. The summed E-state index contributed by atoms with van der Waals surface area (Å²) in [5.41, 5.74) is 31.2. The Morgan fingerprint density at radius 1 is 0.532 bits per heavy atom. The molecule has 0 aromatic rings. The van der Waals surface area contributed by atoms with Gasteiger partial charge in [-0.3, -0.25) is 52.1 Å². The number of hydrogen-bond acceptors (Lipinski definition) is 14. The Morgan fingerprint density at radius 3 is 1.05 bits per heavy atom. The van der Waals surface area contributed by atoms with Crippen LogP contribution in [0.25, 0.3) is 0 Å². The third-order valence-corrected chi connectivity index (χ3v) is 5.82. The van der Waals surface area contributed by atoms with E-state index in [9.17, 15) is 38.4 Å². The van der Waals surface area contributed by atoms with Crippen molar-refractivity contribution < 1.29 is 234 Å². The fourth-order valence-electron chi connectivity index (χ4n) is 3.05. The molecule has 0 fully saturated rings. The van der Waals surface area contributed by atoms with Crippen LogP contribution >= 0.6 is 0 Å². The third kappa shape index (κ3) is 62.6. The number of hydrogen-bond donors (Lipinski definition) is 16. The number of Topliss-reactive ketones (excluding diaryl/α,β-unsaturated/α-hetero) is 4. The van der Waals surface area contributed by atoms with Gasteiger partial charge in [-0.25, -0.2) is 27.5 Å². The molecular weight excluding hydrogens is 1360 g/mol. The molecule has 4 amide bonds. The Balaban J connectivity index is -0.0000000543. The van der Waals surface area contributed by atoms with E-state index >= 15 is 0 Å². The minimum atomic E-state index is -0.935. The van der Waals surface area contributed by atoms with Crippen LogP contribution in [0, 0.1) is 41.0 Å². The van der Waals surface area contributed by atoms with Gasteiger partial charge in [-0.15, -0.1) is 0 Å². The number of ketones is 4. The van der Waals surface area contributed by atoms with Gasteiger partial charge < -0.3 is 88.0 Å². The van der Waals surface area contributed by atoms with Gasteiger partial charge in [0.15, 0.2) is 0 Å². The van der Waals surface area contributed by atoms with Crippen molar-refractivity contribution in [2.45, 2.75) is 51.9 Å². The van der Waals surface area contributed by atoms with Crippen molar-refractivity contribution in [1.29, 1.82) is 0 Å². The van der Waals surface area contributed by atoms with E-state index in [4.69, 9.17) is 35.8 Å². The molecule has 0 aliphatic carbocycles. The smallest absolute Gasteiger partial charge is 0.338 e. The van der Waals surface area contributed by atoms with E-state index in [1.165, 1.54) is 27.7 Å². The van der Waals surface area contributed by atoms with E-state index in [0.717, 1.165) is 26.2 Å². The summed E-state index contributed by atoms with van der Waals surface area (Å²) in [6, 6.07) is -2.19. The number of likely N-dealkylation sites (N-methyl/N-ethyl adjacent to an activating group) is 4. The van der Waals surface area contributed by atoms with Gasteiger partial charge in [-0.2, -0.15) is 0 Å². The van der Waals surface area contributed by atoms with Crippen LogP contribution in [0.2, 0.25) is 0 Å². The number of carbonyl (C=O) groups is 8. The van der Waals surface area contributed by atoms with Crippen molar-refractivity contribution in [3.8, 4) is 0 Å². The van der Waals surface area contributed by atoms with Crippen molar-refractivity contribution in [3.05, 3.63) is 41.0 Å². The first kappa shape index (κ1) is 89.2. The molecule has 0 aromatic carbocycles. The molecule has 24 nitrogen and oxygen atoms in total. The Kier molecular flexibility index (Phi) is 88.5. The summed E-state index contributed by atoms with van der Waals surface area (Å²) in [4.78, 5) is 93.3. The molecule has 0 bridgehead atoms. The van der Waals surface area contributed by atoms with E-state index in [1.807, 2.05) is 0 Å². The SMILES string of the molecule is CNC(CN)C(C)=O.CNC(C[NH+]=C(N)N)C(C)=O.CN[CH-]C(=O)NC(CN)C(=O)N[CH-]C(C)=O.CN[CH-]C(=O)NC(C[NH+]=C(N)N)C(=O)N[CH-]C(C)=O.[3H][CH2-].[CH3-].[W].[Y].[Y].[Y].[Y].[Y]. The van der Waals surface area contributed by atoms with Gasteiger partial charge in [0, 0.05) is 209 Å². The van der Waals surface area contributed by atoms with Gasteiger partial charge in [0.05, 0.1) is 37.0 Å². The molecule has 4 atom stereocenters. The first-order chi connectivity index (χ1) is 26.2. The molecule has 0 heterocycles. The Morgan fingerprint density at radius 2 is 0.823 bits per heavy atom. The third-order valence-electron chi connectivity index (χ3n) is 5.82. The zero-order valence-corrected chi connectivity index (χ0v) is 54.3. The summed E-state index contributed by atoms with van der Waals surface area (Å²) < 4.78 is 5.50. The molecule has 0 saturated carbocycles. The topological polar surface area (TPSA) is 417 Å². The first-order valence-corrected chi connectivity index (χ1v) is 16.1. The molecule has 62 heavy (non-hydrogen) atoms. The normalized spacial score (nSPS) is 10.2. The largest absolute Gasteiger partial charge is 0.482 e. The predicted molar refractivity (Wildman–Crippen MR) is 213 cm³/mol. The number of nitrogens with two attached hydrogens (primary N) is 6. The van der Waals surface area contributed by atoms with Crippen molar-refractivity contribution >= 4 is 58.7 Å². The van der Waals surface area contributed by atoms with Gasteiger partial charge in [0.25, 0.3) is 0 Å². The molecule has 0 aliphatic rings. The molecule has 0 spiro atoms. The number of rotatable bonds is 22. The van der Waals surface area contributed by atoms with Crippen molar-refractivity contribution in [2.24, 2.45) is 34.4 Å². The van der Waals surface area contributed by atoms with Crippen LogP contribution in [0.15, 0.2) is 0 Å². The molecule has 0 saturated heterocycles. The van der Waals surface area contributed by atoms with E-state index in [1.54, 1.807) is 28.2 Å². The van der Waals surface area contributed by atoms with E-state index < -0.39 is 35.7 Å². The van der Waals surface area contributed by atoms with Gasteiger partial charge in [0.2, 0.25) is 11.8 Å². The fraction of sp³-hybridized carbons (Fsp3) is 0.500. The van der Waals surface area contributed by atoms with E-state index in [2.05, 4.69) is 59.9 Å². The minimum Gasteiger partial charge on any atom is -0.482 e. The van der Waals surface area contributed by atoms with Gasteiger partial charge in [0.1, 0.15) is 23.7 Å². The molecule has 349 valence electrons. The van der Waals surface area contributed by atoms with Crippen LogP contribution in [0.3, 0.4) is 0 Å². The monoisotopic (exact) mass is 1440 g/mol. The molecule has 30 heteroatoms. The van der Waals surface area contributed by atoms with Crippen LogP contribution in [-0.2, 0) is 223 Å². The Hall–Kier alpha value is 0.548. The second kappa shape index (κ2) is 61.5. The maximum Gasteiger partial charge on any atom is 0.338 e. The predicted octanol–water partition coefficient (Wildman–Crippen LogP) is -10.7. The summed E-state index contributed by atoms with van der Waals surface area (Å²) in [5.74, 6) is -2.48. The zero-order chi connectivity index (χ0) is 44.8. The molecule has 0 rings (SSSR count). The van der Waals surface area contributed by atoms with Crippen molar-refractivity contribution in [2.75, 3.05) is 54.4 Å². The van der Waals surface area contributed by atoms with Crippen LogP contribution in [0.5, 0.6) is 0 Å². The second-order valence-electron chi connectivity index (χ2n) is 10.6. The maximum atomic E-state index is 11.7. The van der Waals surface area contributed by atoms with Crippen LogP contribution < -0.4 is 86.9 Å². The second-order valence-corrected chi connectivity index (χ2v) is 10.6. The summed E-state index contributed by atoms with van der Waals surface area (Å²) in [7, 11) is 9.03. The fourth-order valence-corrected chi connectivity index (χ4v) is 3.05. The number of carbonyl (C=O) groups excluding carboxylic acids is 8. The quantitative estimate of drug-likeness (QED) is 0.0272. The zero-order valence-electron chi connectivity index (χ0n) is 38.2. The van der Waals surface area contributed by atoms with E-state index in [0.29, 0.717) is 13.1 Å². The van der Waals surface area contributed by atoms with Gasteiger partial charge in [-0.1, -0.05) is 0 Å². The first-order valence-electron chi connectivity index (χ1n) is 16.8. The van der Waals surface area contributed by atoms with Crippen LogP contribution in [0.4, 0.5) is 0 Å². The average Bonchev–Trinajstić information content (AvgIpc) is 3.12. The standard InChI is InChI=1S/C10H18N6O3.C9H16N4O3.C6H14N4O.C5H12N2O.2CH3.W.5Y/c1-6(17)3-14-9(19)7(4-15-10(11)12)16-8(18)5-13-2;1-6(14)4-12-9(16)7(3-10)13-8(15)5-11-2;1-4(11)5(9-2)3-10-6(7)8;1-4(8)5(3-6)7-2;;;;;;;;/h3,5,7,13H,4H2,1-2H3,(H,14,19)(H,16,18)(H4,11,12,15);4-5,7,11H,3,10H2,1-2H3,(H,12,16)(H,13,15);5,9H,3H2,1-2H3,(H4,7,8,10);5,7H,3,6H2,1-2H3;2*1H3;;;;;;/q2*-2;;;2*-1;;;;;;/p+2/i;;;;1T;;;;;;;. The Labute approximate surface area is 509 Å². The number of nitrogens with one attached hydrogen (secondary N) is 10. The maximum absolute atomic E-state index is 11.7. The molecule has 5 radical (unpaired) electrons. The molecule has 0 aromatic heterocycles. The van der Waals surface area contributed by atoms with Crippen molar-refractivity contribution in [1.82, 2.24) is 42.5 Å². The van der Waals surface area contributed by atoms with Gasteiger partial charge >= 0.3 is 11.9 Å².